The number of hydroxylamine groups is 1. The fraction of sp³-hybridized carbons (Fsp3) is 0.553. The van der Waals surface area contributed by atoms with Gasteiger partial charge in [-0.1, -0.05) is 121 Å². The number of oxime groups is 1. The molecule has 3 rings (SSSR count). The summed E-state index contributed by atoms with van der Waals surface area (Å²) in [6.45, 7) is 15.9. The van der Waals surface area contributed by atoms with Crippen molar-refractivity contribution in [3.63, 3.8) is 0 Å². The second-order valence-corrected chi connectivity index (χ2v) is 13.5. The van der Waals surface area contributed by atoms with Crippen LogP contribution in [-0.2, 0) is 31.7 Å². The van der Waals surface area contributed by atoms with E-state index in [1.807, 2.05) is 12.1 Å². The van der Waals surface area contributed by atoms with Crippen molar-refractivity contribution in [2.24, 2.45) is 5.16 Å². The normalized spacial score (nSPS) is 15.8. The number of hydrogen-bond donors (Lipinski definition) is 1. The van der Waals surface area contributed by atoms with Gasteiger partial charge in [-0.05, 0) is 83.6 Å². The first-order chi connectivity index (χ1) is 21.1. The lowest BCUT2D eigenvalue weighted by Crippen LogP contribution is -2.34. The van der Waals surface area contributed by atoms with Gasteiger partial charge < -0.3 is 9.68 Å². The molecule has 0 aliphatic heterocycles. The summed E-state index contributed by atoms with van der Waals surface area (Å²) in [5, 5.41) is 3.79. The van der Waals surface area contributed by atoms with Crippen molar-refractivity contribution < 1.29 is 19.3 Å². The van der Waals surface area contributed by atoms with Gasteiger partial charge in [-0.3, -0.25) is 4.79 Å². The maximum absolute atomic E-state index is 12.4. The fourth-order valence-electron chi connectivity index (χ4n) is 6.27. The van der Waals surface area contributed by atoms with Crippen LogP contribution in [0.25, 0.3) is 0 Å². The lowest BCUT2D eigenvalue weighted by molar-refractivity contribution is -0.122. The van der Waals surface area contributed by atoms with Gasteiger partial charge in [0.25, 0.3) is 5.91 Å². The van der Waals surface area contributed by atoms with Crippen molar-refractivity contribution in [2.75, 3.05) is 6.61 Å². The van der Waals surface area contributed by atoms with Crippen LogP contribution in [0.3, 0.4) is 0 Å². The van der Waals surface area contributed by atoms with Crippen LogP contribution >= 0.6 is 0 Å². The van der Waals surface area contributed by atoms with Crippen LogP contribution < -0.4 is 5.48 Å². The van der Waals surface area contributed by atoms with E-state index < -0.39 is 11.9 Å². The Morgan fingerprint density at radius 3 is 2.36 bits per heavy atom. The first kappa shape index (κ1) is 35.1. The summed E-state index contributed by atoms with van der Waals surface area (Å²) in [5.41, 5.74) is 8.11. The molecule has 1 aliphatic rings. The summed E-state index contributed by atoms with van der Waals surface area (Å²) in [7, 11) is 0. The molecule has 1 atom stereocenters. The van der Waals surface area contributed by atoms with Crippen LogP contribution in [0.15, 0.2) is 60.3 Å². The van der Waals surface area contributed by atoms with Crippen LogP contribution in [0, 0.1) is 0 Å². The summed E-state index contributed by atoms with van der Waals surface area (Å²) in [6.07, 6.45) is 16.4. The minimum atomic E-state index is -0.667. The van der Waals surface area contributed by atoms with Gasteiger partial charge in [-0.15, -0.1) is 6.58 Å². The number of unbranched alkanes of at least 4 members (excludes halogenated alkanes) is 5. The van der Waals surface area contributed by atoms with Crippen LogP contribution in [-0.4, -0.2) is 24.7 Å². The Morgan fingerprint density at radius 1 is 0.932 bits per heavy atom. The molecular weight excluding hydrogens is 548 g/mol. The SMILES string of the molecule is C=CCc1ccccc1C(=O)ONC(=O)C=NOCCCC(CCCCCCCC)c1ccc2c(c1)C(C)(C)CCC2(C)C. The zero-order valence-electron chi connectivity index (χ0n) is 27.8. The first-order valence-corrected chi connectivity index (χ1v) is 16.6. The molecule has 0 aromatic heterocycles. The predicted molar refractivity (Wildman–Crippen MR) is 180 cm³/mol. The molecule has 1 aliphatic carbocycles. The predicted octanol–water partition coefficient (Wildman–Crippen LogP) is 9.27. The van der Waals surface area contributed by atoms with E-state index in [9.17, 15) is 9.59 Å². The third-order valence-corrected chi connectivity index (χ3v) is 9.13. The lowest BCUT2D eigenvalue weighted by atomic mass is 9.62. The largest absolute Gasteiger partial charge is 0.396 e. The van der Waals surface area contributed by atoms with E-state index in [4.69, 9.17) is 9.68 Å². The van der Waals surface area contributed by atoms with Gasteiger partial charge in [0, 0.05) is 0 Å². The molecule has 0 saturated heterocycles. The first-order valence-electron chi connectivity index (χ1n) is 16.6. The third kappa shape index (κ3) is 10.3. The number of benzene rings is 2. The molecule has 0 heterocycles. The smallest absolute Gasteiger partial charge is 0.363 e. The van der Waals surface area contributed by atoms with Gasteiger partial charge in [-0.25, -0.2) is 4.79 Å². The topological polar surface area (TPSA) is 77.0 Å². The molecule has 1 amide bonds. The number of fused-ring (bicyclic) bond motifs is 1. The number of hydrogen-bond acceptors (Lipinski definition) is 5. The van der Waals surface area contributed by atoms with E-state index in [1.165, 1.54) is 74.5 Å². The molecular formula is C38H54N2O4. The van der Waals surface area contributed by atoms with E-state index in [0.29, 0.717) is 24.5 Å². The molecule has 0 radical (unpaired) electrons. The van der Waals surface area contributed by atoms with E-state index in [0.717, 1.165) is 24.6 Å². The quantitative estimate of drug-likeness (QED) is 0.0847. The maximum Gasteiger partial charge on any atom is 0.363 e. The highest BCUT2D eigenvalue weighted by molar-refractivity contribution is 6.25. The number of nitrogens with zero attached hydrogens (tertiary/aromatic N) is 1. The molecule has 1 unspecified atom stereocenters. The van der Waals surface area contributed by atoms with Gasteiger partial charge in [-0.2, -0.15) is 5.48 Å². The average Bonchev–Trinajstić information content (AvgIpc) is 3.01. The van der Waals surface area contributed by atoms with Gasteiger partial charge in [0.15, 0.2) is 0 Å². The monoisotopic (exact) mass is 602 g/mol. The second-order valence-electron chi connectivity index (χ2n) is 13.5. The van der Waals surface area contributed by atoms with Crippen LogP contribution in [0.4, 0.5) is 0 Å². The number of amides is 1. The highest BCUT2D eigenvalue weighted by atomic mass is 16.7. The number of allylic oxidation sites excluding steroid dienone is 1. The van der Waals surface area contributed by atoms with Crippen molar-refractivity contribution >= 4 is 18.1 Å². The van der Waals surface area contributed by atoms with E-state index >= 15 is 0 Å². The van der Waals surface area contributed by atoms with E-state index in [-0.39, 0.29) is 10.8 Å². The van der Waals surface area contributed by atoms with Gasteiger partial charge >= 0.3 is 5.97 Å². The van der Waals surface area contributed by atoms with E-state index in [2.05, 4.69) is 70.0 Å². The minimum Gasteiger partial charge on any atom is -0.396 e. The third-order valence-electron chi connectivity index (χ3n) is 9.13. The number of carbonyl (C=O) groups excluding carboxylic acids is 2. The number of nitrogens with one attached hydrogen (secondary N) is 1. The molecule has 0 spiro atoms. The molecule has 240 valence electrons. The van der Waals surface area contributed by atoms with Crippen LogP contribution in [0.2, 0.25) is 0 Å². The maximum atomic E-state index is 12.4. The Hall–Kier alpha value is -3.41. The summed E-state index contributed by atoms with van der Waals surface area (Å²) in [4.78, 5) is 34.9. The minimum absolute atomic E-state index is 0.188. The summed E-state index contributed by atoms with van der Waals surface area (Å²) in [6, 6.07) is 14.3. The Kier molecular flexibility index (Phi) is 13.7. The van der Waals surface area contributed by atoms with Gasteiger partial charge in [0.2, 0.25) is 0 Å². The molecule has 6 heteroatoms. The average molecular weight is 603 g/mol. The summed E-state index contributed by atoms with van der Waals surface area (Å²) in [5.74, 6) is -0.845. The molecule has 0 bridgehead atoms. The van der Waals surface area contributed by atoms with Crippen LogP contribution in [0.1, 0.15) is 144 Å². The van der Waals surface area contributed by atoms with Crippen LogP contribution in [0.5, 0.6) is 0 Å². The molecule has 6 nitrogen and oxygen atoms in total. The number of carbonyl (C=O) groups is 2. The zero-order chi connectivity index (χ0) is 32.0. The molecule has 1 N–H and O–H groups in total. The standard InChI is InChI=1S/C38H54N2O4/c1-7-9-10-11-12-13-18-29(31-22-23-33-34(27-31)38(5,6)25-24-37(33,3)4)20-16-26-43-39-28-35(41)40-44-36(42)32-21-15-14-19-30(32)17-8-2/h8,14-15,19,21-23,27-29H,2,7,9-13,16-18,20,24-26H2,1,3-6H3,(H,40,41). The lowest BCUT2D eigenvalue weighted by Gasteiger charge is -2.42. The molecule has 2 aromatic rings. The van der Waals surface area contributed by atoms with Gasteiger partial charge in [0.1, 0.15) is 12.8 Å². The van der Waals surface area contributed by atoms with Crippen molar-refractivity contribution in [2.45, 2.75) is 128 Å². The van der Waals surface area contributed by atoms with Crippen molar-refractivity contribution in [1.82, 2.24) is 5.48 Å². The summed E-state index contributed by atoms with van der Waals surface area (Å²) < 4.78 is 0. The highest BCUT2D eigenvalue weighted by Gasteiger charge is 2.37. The Bertz CT molecular complexity index is 1260. The molecule has 2 aromatic carbocycles. The zero-order valence-corrected chi connectivity index (χ0v) is 27.8. The second kappa shape index (κ2) is 17.2. The van der Waals surface area contributed by atoms with Crippen molar-refractivity contribution in [3.05, 3.63) is 82.9 Å². The number of rotatable bonds is 17. The molecule has 0 saturated carbocycles. The molecule has 0 fully saturated rings. The summed E-state index contributed by atoms with van der Waals surface area (Å²) >= 11 is 0. The Labute approximate surface area is 265 Å². The Morgan fingerprint density at radius 2 is 1.61 bits per heavy atom. The highest BCUT2D eigenvalue weighted by Crippen LogP contribution is 2.47. The molecule has 44 heavy (non-hydrogen) atoms. The van der Waals surface area contributed by atoms with E-state index in [1.54, 1.807) is 18.2 Å². The fourth-order valence-corrected chi connectivity index (χ4v) is 6.27. The Balaban J connectivity index is 1.52. The van der Waals surface area contributed by atoms with Gasteiger partial charge in [0.05, 0.1) is 5.56 Å². The van der Waals surface area contributed by atoms with Crippen molar-refractivity contribution in [1.29, 1.82) is 0 Å². The van der Waals surface area contributed by atoms with Crippen molar-refractivity contribution in [3.8, 4) is 0 Å².